The molecule has 0 N–H and O–H groups in total. The van der Waals surface area contributed by atoms with Gasteiger partial charge in [0.05, 0.1) is 0 Å². The van der Waals surface area contributed by atoms with Gasteiger partial charge in [-0.2, -0.15) is 0 Å². The van der Waals surface area contributed by atoms with Crippen LogP contribution in [0.1, 0.15) is 39.5 Å². The Morgan fingerprint density at radius 3 is 2.47 bits per heavy atom. The van der Waals surface area contributed by atoms with Crippen LogP contribution in [-0.4, -0.2) is 0 Å². The van der Waals surface area contributed by atoms with Gasteiger partial charge in [-0.3, -0.25) is 0 Å². The number of allylic oxidation sites excluding steroid dienone is 7. The molecule has 1 aliphatic carbocycles. The van der Waals surface area contributed by atoms with Crippen molar-refractivity contribution in [1.29, 1.82) is 0 Å². The molecule has 0 heterocycles. The minimum Gasteiger partial charge on any atom is -0.0988 e. The second-order valence-electron chi connectivity index (χ2n) is 4.56. The van der Waals surface area contributed by atoms with Gasteiger partial charge in [0.25, 0.3) is 0 Å². The molecule has 92 valence electrons. The Hall–Kier alpha value is -1.30. The molecule has 0 heteroatoms. The highest BCUT2D eigenvalue weighted by Gasteiger charge is 2.24. The molecule has 0 aliphatic heterocycles. The predicted molar refractivity (Wildman–Crippen MR) is 77.9 cm³/mol. The third kappa shape index (κ3) is 3.09. The second-order valence-corrected chi connectivity index (χ2v) is 4.56. The molecule has 1 rings (SSSR count). The average molecular weight is 228 g/mol. The molecular formula is C17H24. The zero-order valence-electron chi connectivity index (χ0n) is 11.3. The quantitative estimate of drug-likeness (QED) is 0.568. The van der Waals surface area contributed by atoms with Gasteiger partial charge in [0.1, 0.15) is 0 Å². The fourth-order valence-electron chi connectivity index (χ4n) is 2.48. The van der Waals surface area contributed by atoms with Crippen molar-refractivity contribution in [3.05, 3.63) is 60.3 Å². The Morgan fingerprint density at radius 2 is 1.94 bits per heavy atom. The second kappa shape index (κ2) is 6.44. The van der Waals surface area contributed by atoms with E-state index < -0.39 is 0 Å². The van der Waals surface area contributed by atoms with Crippen LogP contribution in [0.4, 0.5) is 0 Å². The molecule has 0 nitrogen and oxygen atoms in total. The molecule has 0 spiro atoms. The van der Waals surface area contributed by atoms with Crippen LogP contribution in [0.25, 0.3) is 0 Å². The first-order valence-corrected chi connectivity index (χ1v) is 6.55. The van der Waals surface area contributed by atoms with Crippen molar-refractivity contribution in [3.8, 4) is 0 Å². The maximum Gasteiger partial charge on any atom is 0.00864 e. The largest absolute Gasteiger partial charge is 0.0988 e. The molecule has 1 unspecified atom stereocenters. The molecule has 0 bridgehead atoms. The topological polar surface area (TPSA) is 0 Å². The van der Waals surface area contributed by atoms with Gasteiger partial charge in [-0.1, -0.05) is 51.8 Å². The van der Waals surface area contributed by atoms with Crippen molar-refractivity contribution in [2.75, 3.05) is 0 Å². The third-order valence-corrected chi connectivity index (χ3v) is 3.38. The smallest absolute Gasteiger partial charge is 0.00864 e. The summed E-state index contributed by atoms with van der Waals surface area (Å²) in [6, 6.07) is 0. The highest BCUT2D eigenvalue weighted by Crippen LogP contribution is 2.40. The summed E-state index contributed by atoms with van der Waals surface area (Å²) in [6.45, 7) is 16.6. The van der Waals surface area contributed by atoms with E-state index in [0.717, 1.165) is 31.3 Å². The lowest BCUT2D eigenvalue weighted by Gasteiger charge is -2.30. The van der Waals surface area contributed by atoms with Crippen molar-refractivity contribution in [2.45, 2.75) is 39.5 Å². The Balaban J connectivity index is 3.03. The summed E-state index contributed by atoms with van der Waals surface area (Å²) in [5.41, 5.74) is 5.15. The minimum atomic E-state index is 0.388. The van der Waals surface area contributed by atoms with Gasteiger partial charge >= 0.3 is 0 Å². The summed E-state index contributed by atoms with van der Waals surface area (Å²) >= 11 is 0. The normalized spacial score (nSPS) is 25.3. The van der Waals surface area contributed by atoms with Gasteiger partial charge < -0.3 is 0 Å². The average Bonchev–Trinajstić information content (AvgIpc) is 2.33. The van der Waals surface area contributed by atoms with E-state index in [1.165, 1.54) is 16.7 Å². The lowest BCUT2D eigenvalue weighted by molar-refractivity contribution is 0.626. The van der Waals surface area contributed by atoms with Crippen molar-refractivity contribution in [3.63, 3.8) is 0 Å². The standard InChI is InChI=1S/C17H24/c1-6-9-15-11-12-16(13(4)8-3)14(5)17(15)10-7-2/h8-10,16H,3-7,11-12H2,1-2H3/b15-9-,17-10-. The Labute approximate surface area is 106 Å². The van der Waals surface area contributed by atoms with E-state index in [1.54, 1.807) is 0 Å². The molecule has 0 radical (unpaired) electrons. The van der Waals surface area contributed by atoms with E-state index in [0.29, 0.717) is 5.92 Å². The van der Waals surface area contributed by atoms with Crippen molar-refractivity contribution in [1.82, 2.24) is 0 Å². The van der Waals surface area contributed by atoms with Crippen LogP contribution < -0.4 is 0 Å². The highest BCUT2D eigenvalue weighted by molar-refractivity contribution is 5.52. The first-order valence-electron chi connectivity index (χ1n) is 6.55. The van der Waals surface area contributed by atoms with Gasteiger partial charge in [-0.05, 0) is 48.0 Å². The van der Waals surface area contributed by atoms with Crippen LogP contribution in [0.15, 0.2) is 60.3 Å². The summed E-state index contributed by atoms with van der Waals surface area (Å²) in [6.07, 6.45) is 10.9. The number of hydrogen-bond acceptors (Lipinski definition) is 0. The summed E-state index contributed by atoms with van der Waals surface area (Å²) in [5, 5.41) is 0. The van der Waals surface area contributed by atoms with Crippen LogP contribution in [0.2, 0.25) is 0 Å². The summed E-state index contributed by atoms with van der Waals surface area (Å²) in [5.74, 6) is 0.388. The molecule has 0 aromatic heterocycles. The molecule has 1 atom stereocenters. The van der Waals surface area contributed by atoms with Crippen LogP contribution in [0.5, 0.6) is 0 Å². The van der Waals surface area contributed by atoms with Crippen LogP contribution in [0, 0.1) is 5.92 Å². The van der Waals surface area contributed by atoms with Gasteiger partial charge in [0.15, 0.2) is 0 Å². The Bertz CT molecular complexity index is 377. The van der Waals surface area contributed by atoms with E-state index in [2.05, 4.69) is 45.7 Å². The van der Waals surface area contributed by atoms with E-state index in [-0.39, 0.29) is 0 Å². The van der Waals surface area contributed by atoms with E-state index in [4.69, 9.17) is 0 Å². The Kier molecular flexibility index (Phi) is 5.21. The maximum absolute atomic E-state index is 4.28. The van der Waals surface area contributed by atoms with Gasteiger partial charge in [-0.25, -0.2) is 0 Å². The van der Waals surface area contributed by atoms with Gasteiger partial charge in [0, 0.05) is 5.92 Å². The first-order chi connectivity index (χ1) is 8.15. The zero-order chi connectivity index (χ0) is 12.8. The maximum atomic E-state index is 4.28. The van der Waals surface area contributed by atoms with E-state index in [1.807, 2.05) is 6.08 Å². The molecule has 0 saturated heterocycles. The SMILES string of the molecule is C=CC(=C)C1CCC(=C/CC)/C(=C\CC)C1=C. The van der Waals surface area contributed by atoms with E-state index >= 15 is 0 Å². The van der Waals surface area contributed by atoms with Gasteiger partial charge in [0.2, 0.25) is 0 Å². The zero-order valence-corrected chi connectivity index (χ0v) is 11.3. The highest BCUT2D eigenvalue weighted by atomic mass is 14.3. The predicted octanol–water partition coefficient (Wildman–Crippen LogP) is 5.37. The molecule has 1 aliphatic rings. The Morgan fingerprint density at radius 1 is 1.29 bits per heavy atom. The lowest BCUT2D eigenvalue weighted by atomic mass is 9.75. The minimum absolute atomic E-state index is 0.388. The fourth-order valence-corrected chi connectivity index (χ4v) is 2.48. The van der Waals surface area contributed by atoms with Crippen molar-refractivity contribution >= 4 is 0 Å². The fraction of sp³-hybridized carbons (Fsp3) is 0.412. The molecule has 17 heavy (non-hydrogen) atoms. The molecule has 0 amide bonds. The molecule has 1 fully saturated rings. The van der Waals surface area contributed by atoms with Crippen LogP contribution >= 0.6 is 0 Å². The molecule has 1 saturated carbocycles. The molecular weight excluding hydrogens is 204 g/mol. The molecule has 0 aromatic carbocycles. The first kappa shape index (κ1) is 13.8. The number of hydrogen-bond donors (Lipinski definition) is 0. The van der Waals surface area contributed by atoms with E-state index in [9.17, 15) is 0 Å². The summed E-state index contributed by atoms with van der Waals surface area (Å²) in [4.78, 5) is 0. The van der Waals surface area contributed by atoms with Crippen LogP contribution in [-0.2, 0) is 0 Å². The third-order valence-electron chi connectivity index (χ3n) is 3.38. The van der Waals surface area contributed by atoms with Crippen molar-refractivity contribution in [2.24, 2.45) is 5.92 Å². The summed E-state index contributed by atoms with van der Waals surface area (Å²) in [7, 11) is 0. The number of rotatable bonds is 4. The molecule has 0 aromatic rings. The van der Waals surface area contributed by atoms with Gasteiger partial charge in [-0.15, -0.1) is 0 Å². The lowest BCUT2D eigenvalue weighted by Crippen LogP contribution is -2.15. The summed E-state index contributed by atoms with van der Waals surface area (Å²) < 4.78 is 0. The van der Waals surface area contributed by atoms with Crippen molar-refractivity contribution < 1.29 is 0 Å². The monoisotopic (exact) mass is 228 g/mol. The van der Waals surface area contributed by atoms with Crippen LogP contribution in [0.3, 0.4) is 0 Å².